The quantitative estimate of drug-likeness (QED) is 0.481. The minimum absolute atomic E-state index is 0.0709. The van der Waals surface area contributed by atoms with E-state index in [4.69, 9.17) is 14.3 Å². The predicted molar refractivity (Wildman–Crippen MR) is 120 cm³/mol. The highest BCUT2D eigenvalue weighted by Crippen LogP contribution is 2.48. The van der Waals surface area contributed by atoms with Crippen LogP contribution in [0.1, 0.15) is 93.2 Å². The summed E-state index contributed by atoms with van der Waals surface area (Å²) in [5.74, 6) is 0.0811. The first-order valence-corrected chi connectivity index (χ1v) is 11.3. The van der Waals surface area contributed by atoms with Gasteiger partial charge in [-0.05, 0) is 59.9 Å². The largest absolute Gasteiger partial charge is 0.509 e. The normalized spacial score (nSPS) is 31.2. The van der Waals surface area contributed by atoms with Gasteiger partial charge in [0.25, 0.3) is 0 Å². The van der Waals surface area contributed by atoms with Crippen LogP contribution in [0.2, 0.25) is 0 Å². The molecule has 1 saturated heterocycles. The summed E-state index contributed by atoms with van der Waals surface area (Å²) in [6.07, 6.45) is 1.55. The van der Waals surface area contributed by atoms with Crippen LogP contribution in [0.4, 0.5) is 4.79 Å². The van der Waals surface area contributed by atoms with E-state index in [0.29, 0.717) is 6.42 Å². The Balaban J connectivity index is 2.30. The molecule has 1 aliphatic rings. The number of hydrogen-bond acceptors (Lipinski definition) is 5. The van der Waals surface area contributed by atoms with Gasteiger partial charge in [-0.2, -0.15) is 5.06 Å². The van der Waals surface area contributed by atoms with Crippen molar-refractivity contribution in [1.29, 1.82) is 0 Å². The van der Waals surface area contributed by atoms with Crippen molar-refractivity contribution in [1.82, 2.24) is 5.06 Å². The molecule has 5 heteroatoms. The monoisotopic (exact) mass is 419 g/mol. The zero-order valence-corrected chi connectivity index (χ0v) is 20.3. The number of benzene rings is 1. The molecular formula is C25H41NO4. The molecule has 5 atom stereocenters. The van der Waals surface area contributed by atoms with E-state index in [2.05, 4.69) is 58.7 Å². The summed E-state index contributed by atoms with van der Waals surface area (Å²) in [6.45, 7) is 18.6. The van der Waals surface area contributed by atoms with E-state index in [9.17, 15) is 4.79 Å². The molecule has 0 bridgehead atoms. The third kappa shape index (κ3) is 5.36. The van der Waals surface area contributed by atoms with Crippen LogP contribution in [-0.2, 0) is 14.3 Å². The maximum atomic E-state index is 12.4. The number of carbonyl (C=O) groups is 1. The van der Waals surface area contributed by atoms with Gasteiger partial charge in [-0.3, -0.25) is 4.84 Å². The summed E-state index contributed by atoms with van der Waals surface area (Å²) in [7, 11) is 0. The van der Waals surface area contributed by atoms with Crippen LogP contribution < -0.4 is 0 Å². The number of hydroxylamine groups is 2. The van der Waals surface area contributed by atoms with E-state index in [-0.39, 0.29) is 29.2 Å². The molecule has 1 fully saturated rings. The Bertz CT molecular complexity index is 701. The smallest absolute Gasteiger partial charge is 0.431 e. The first-order chi connectivity index (χ1) is 13.9. The fourth-order valence-corrected chi connectivity index (χ4v) is 4.38. The maximum absolute atomic E-state index is 12.4. The minimum atomic E-state index is -0.594. The lowest BCUT2D eigenvalue weighted by atomic mass is 9.69. The van der Waals surface area contributed by atoms with Crippen molar-refractivity contribution < 1.29 is 19.1 Å². The van der Waals surface area contributed by atoms with Gasteiger partial charge in [0.1, 0.15) is 17.8 Å². The van der Waals surface area contributed by atoms with Gasteiger partial charge < -0.3 is 9.47 Å². The number of piperidine rings is 1. The number of rotatable bonds is 6. The fraction of sp³-hybridized carbons (Fsp3) is 0.720. The van der Waals surface area contributed by atoms with Crippen molar-refractivity contribution in [2.24, 2.45) is 5.92 Å². The van der Waals surface area contributed by atoms with E-state index in [1.54, 1.807) is 0 Å². The summed E-state index contributed by atoms with van der Waals surface area (Å²) in [6, 6.07) is 10.3. The second-order valence-corrected chi connectivity index (χ2v) is 10.1. The van der Waals surface area contributed by atoms with Gasteiger partial charge in [-0.25, -0.2) is 4.79 Å². The standard InChI is InChI=1S/C25H41NO4/c1-10-24(8)17-21(28-22(27)29-23(5,6)7)18(3)25(9,11-2)26(24)30-19(4)20-15-13-12-14-16-20/h12-16,18-19,21H,10-11,17H2,1-9H3. The summed E-state index contributed by atoms with van der Waals surface area (Å²) < 4.78 is 11.3. The van der Waals surface area contributed by atoms with Gasteiger partial charge >= 0.3 is 6.16 Å². The highest BCUT2D eigenvalue weighted by atomic mass is 16.7. The molecule has 0 spiro atoms. The summed E-state index contributed by atoms with van der Waals surface area (Å²) in [5.41, 5.74) is 0.0116. The van der Waals surface area contributed by atoms with E-state index >= 15 is 0 Å². The first kappa shape index (κ1) is 24.7. The Morgan fingerprint density at radius 2 is 1.77 bits per heavy atom. The SMILES string of the molecule is CCC1(C)CC(OC(=O)OC(C)(C)C)C(C)C(C)(CC)N1OC(C)c1ccccc1. The van der Waals surface area contributed by atoms with Gasteiger partial charge in [0, 0.05) is 23.4 Å². The van der Waals surface area contributed by atoms with E-state index in [1.165, 1.54) is 0 Å². The Morgan fingerprint density at radius 1 is 1.17 bits per heavy atom. The predicted octanol–water partition coefficient (Wildman–Crippen LogP) is 6.68. The molecule has 5 nitrogen and oxygen atoms in total. The summed E-state index contributed by atoms with van der Waals surface area (Å²) in [4.78, 5) is 19.1. The van der Waals surface area contributed by atoms with Crippen molar-refractivity contribution in [3.05, 3.63) is 35.9 Å². The minimum Gasteiger partial charge on any atom is -0.431 e. The van der Waals surface area contributed by atoms with Crippen molar-refractivity contribution in [3.8, 4) is 0 Å². The molecule has 0 radical (unpaired) electrons. The van der Waals surface area contributed by atoms with Crippen LogP contribution in [0.15, 0.2) is 30.3 Å². The topological polar surface area (TPSA) is 48.0 Å². The number of ether oxygens (including phenoxy) is 2. The molecule has 0 aromatic heterocycles. The van der Waals surface area contributed by atoms with Gasteiger partial charge in [0.15, 0.2) is 0 Å². The molecule has 1 aliphatic heterocycles. The third-order valence-corrected chi connectivity index (χ3v) is 6.78. The molecule has 1 heterocycles. The highest BCUT2D eigenvalue weighted by molar-refractivity contribution is 5.60. The van der Waals surface area contributed by atoms with Crippen LogP contribution >= 0.6 is 0 Å². The number of nitrogens with zero attached hydrogens (tertiary/aromatic N) is 1. The highest BCUT2D eigenvalue weighted by Gasteiger charge is 2.55. The van der Waals surface area contributed by atoms with Crippen molar-refractivity contribution in [2.45, 2.75) is 110 Å². The first-order valence-electron chi connectivity index (χ1n) is 11.3. The molecule has 0 amide bonds. The zero-order valence-electron chi connectivity index (χ0n) is 20.3. The zero-order chi connectivity index (χ0) is 22.7. The van der Waals surface area contributed by atoms with Crippen LogP contribution in [-0.4, -0.2) is 34.0 Å². The lowest BCUT2D eigenvalue weighted by Crippen LogP contribution is -2.68. The number of carbonyl (C=O) groups excluding carboxylic acids is 1. The van der Waals surface area contributed by atoms with Gasteiger partial charge in [-0.15, -0.1) is 0 Å². The van der Waals surface area contributed by atoms with Crippen molar-refractivity contribution >= 4 is 6.16 Å². The summed E-state index contributed by atoms with van der Waals surface area (Å²) in [5, 5.41) is 2.21. The molecule has 0 saturated carbocycles. The van der Waals surface area contributed by atoms with E-state index in [0.717, 1.165) is 18.4 Å². The number of hydrogen-bond donors (Lipinski definition) is 0. The Kier molecular flexibility index (Phi) is 7.63. The van der Waals surface area contributed by atoms with Gasteiger partial charge in [0.05, 0.1) is 0 Å². The third-order valence-electron chi connectivity index (χ3n) is 6.78. The van der Waals surface area contributed by atoms with Gasteiger partial charge in [-0.1, -0.05) is 51.1 Å². The summed E-state index contributed by atoms with van der Waals surface area (Å²) >= 11 is 0. The molecule has 1 aromatic carbocycles. The Labute approximate surface area is 183 Å². The fourth-order valence-electron chi connectivity index (χ4n) is 4.38. The molecule has 5 unspecified atom stereocenters. The van der Waals surface area contributed by atoms with Gasteiger partial charge in [0.2, 0.25) is 0 Å². The van der Waals surface area contributed by atoms with Crippen molar-refractivity contribution in [2.75, 3.05) is 0 Å². The molecule has 1 aromatic rings. The van der Waals surface area contributed by atoms with Crippen LogP contribution in [0.3, 0.4) is 0 Å². The Morgan fingerprint density at radius 3 is 2.27 bits per heavy atom. The molecule has 0 N–H and O–H groups in total. The average Bonchev–Trinajstić information content (AvgIpc) is 2.68. The molecule has 170 valence electrons. The van der Waals surface area contributed by atoms with Crippen LogP contribution in [0.5, 0.6) is 0 Å². The molecule has 2 rings (SSSR count). The maximum Gasteiger partial charge on any atom is 0.509 e. The van der Waals surface area contributed by atoms with E-state index < -0.39 is 11.8 Å². The average molecular weight is 420 g/mol. The van der Waals surface area contributed by atoms with Crippen LogP contribution in [0, 0.1) is 5.92 Å². The molecule has 30 heavy (non-hydrogen) atoms. The van der Waals surface area contributed by atoms with E-state index in [1.807, 2.05) is 39.0 Å². The molecular weight excluding hydrogens is 378 g/mol. The second kappa shape index (κ2) is 9.27. The molecule has 0 aliphatic carbocycles. The van der Waals surface area contributed by atoms with Crippen LogP contribution in [0.25, 0.3) is 0 Å². The lowest BCUT2D eigenvalue weighted by molar-refractivity contribution is -0.336. The Hall–Kier alpha value is -1.59. The lowest BCUT2D eigenvalue weighted by Gasteiger charge is -2.59. The second-order valence-electron chi connectivity index (χ2n) is 10.1. The van der Waals surface area contributed by atoms with Crippen molar-refractivity contribution in [3.63, 3.8) is 0 Å².